The first kappa shape index (κ1) is 23.0. The number of hydrogen-bond acceptors (Lipinski definition) is 5. The lowest BCUT2D eigenvalue weighted by atomic mass is 9.86. The van der Waals surface area contributed by atoms with Crippen molar-refractivity contribution in [1.82, 2.24) is 14.8 Å². The predicted octanol–water partition coefficient (Wildman–Crippen LogP) is 4.74. The van der Waals surface area contributed by atoms with Crippen LogP contribution in [0.3, 0.4) is 0 Å². The number of aliphatic hydroxyl groups is 1. The van der Waals surface area contributed by atoms with E-state index in [1.54, 1.807) is 12.1 Å². The second kappa shape index (κ2) is 9.01. The van der Waals surface area contributed by atoms with Gasteiger partial charge in [-0.25, -0.2) is 4.98 Å². The lowest BCUT2D eigenvalue weighted by Crippen LogP contribution is -2.21. The predicted molar refractivity (Wildman–Crippen MR) is 116 cm³/mol. The number of alkyl halides is 3. The molecule has 1 aromatic carbocycles. The van der Waals surface area contributed by atoms with Crippen LogP contribution < -0.4 is 10.1 Å². The van der Waals surface area contributed by atoms with Crippen molar-refractivity contribution in [3.63, 3.8) is 0 Å². The summed E-state index contributed by atoms with van der Waals surface area (Å²) in [4.78, 5) is 16.1. The molecule has 3 aromatic rings. The van der Waals surface area contributed by atoms with Crippen molar-refractivity contribution in [1.29, 1.82) is 0 Å². The highest BCUT2D eigenvalue weighted by molar-refractivity contribution is 6.05. The molecule has 4 rings (SSSR count). The average molecular weight is 462 g/mol. The highest BCUT2D eigenvalue weighted by Gasteiger charge is 2.33. The van der Waals surface area contributed by atoms with Gasteiger partial charge in [0, 0.05) is 23.8 Å². The molecule has 2 aromatic heterocycles. The third-order valence-electron chi connectivity index (χ3n) is 6.21. The van der Waals surface area contributed by atoms with E-state index in [-0.39, 0.29) is 18.3 Å². The van der Waals surface area contributed by atoms with Crippen LogP contribution in [0.5, 0.6) is 5.75 Å². The molecule has 1 aliphatic rings. The maximum Gasteiger partial charge on any atom is 0.433 e. The Balaban J connectivity index is 1.63. The summed E-state index contributed by atoms with van der Waals surface area (Å²) >= 11 is 0. The van der Waals surface area contributed by atoms with E-state index in [0.29, 0.717) is 22.9 Å². The van der Waals surface area contributed by atoms with Gasteiger partial charge in [-0.15, -0.1) is 0 Å². The smallest absolute Gasteiger partial charge is 0.433 e. The number of aromatic nitrogens is 3. The monoisotopic (exact) mass is 462 g/mol. The number of rotatable bonds is 5. The number of benzene rings is 1. The summed E-state index contributed by atoms with van der Waals surface area (Å²) in [7, 11) is 1.44. The minimum absolute atomic E-state index is 0.202. The van der Waals surface area contributed by atoms with E-state index in [9.17, 15) is 23.1 Å². The Kier molecular flexibility index (Phi) is 6.29. The number of halogens is 3. The number of pyridine rings is 1. The summed E-state index contributed by atoms with van der Waals surface area (Å²) in [6, 6.07) is 6.82. The summed E-state index contributed by atoms with van der Waals surface area (Å²) in [5.74, 6) is -0.0968. The fourth-order valence-electron chi connectivity index (χ4n) is 4.36. The molecule has 0 atom stereocenters. The van der Waals surface area contributed by atoms with Gasteiger partial charge in [-0.05, 0) is 56.7 Å². The molecule has 2 N–H and O–H groups in total. The fourth-order valence-corrected chi connectivity index (χ4v) is 4.36. The number of aliphatic hydroxyl groups excluding tert-OH is 1. The van der Waals surface area contributed by atoms with Gasteiger partial charge >= 0.3 is 6.18 Å². The number of carbonyl (C=O) groups is 1. The molecule has 176 valence electrons. The van der Waals surface area contributed by atoms with Crippen LogP contribution in [0.1, 0.15) is 53.6 Å². The largest absolute Gasteiger partial charge is 0.494 e. The Hall–Kier alpha value is -3.14. The van der Waals surface area contributed by atoms with Gasteiger partial charge < -0.3 is 15.2 Å². The van der Waals surface area contributed by atoms with Crippen molar-refractivity contribution >= 4 is 22.5 Å². The summed E-state index contributed by atoms with van der Waals surface area (Å²) in [6.45, 7) is 2.15. The number of nitrogens with zero attached hydrogens (tertiary/aromatic N) is 3. The SMILES string of the molecule is COc1cc2nn(C3CCC(CO)CC3)c(C)c2cc1NC(=O)c1cccc(C(F)(F)F)n1. The lowest BCUT2D eigenvalue weighted by molar-refractivity contribution is -0.141. The van der Waals surface area contributed by atoms with E-state index >= 15 is 0 Å². The molecule has 0 saturated heterocycles. The summed E-state index contributed by atoms with van der Waals surface area (Å²) in [5, 5.41) is 17.6. The zero-order valence-electron chi connectivity index (χ0n) is 18.3. The fraction of sp³-hybridized carbons (Fsp3) is 0.435. The van der Waals surface area contributed by atoms with Crippen molar-refractivity contribution < 1.29 is 27.8 Å². The maximum absolute atomic E-state index is 13.0. The number of aryl methyl sites for hydroxylation is 1. The molecule has 0 aliphatic heterocycles. The van der Waals surface area contributed by atoms with Crippen molar-refractivity contribution in [2.24, 2.45) is 5.92 Å². The molecule has 1 aliphatic carbocycles. The standard InChI is InChI=1S/C23H25F3N4O3/c1-13-16-10-19(28-22(32)17-4-3-5-21(27-17)23(24,25)26)20(33-2)11-18(16)29-30(13)15-8-6-14(12-31)7-9-15/h3-5,10-11,14-15,31H,6-9,12H2,1-2H3,(H,28,32). The van der Waals surface area contributed by atoms with Crippen LogP contribution in [0.2, 0.25) is 0 Å². The van der Waals surface area contributed by atoms with Gasteiger partial charge in [0.2, 0.25) is 0 Å². The minimum atomic E-state index is -4.64. The lowest BCUT2D eigenvalue weighted by Gasteiger charge is -2.28. The normalized spacial score (nSPS) is 19.0. The molecule has 7 nitrogen and oxygen atoms in total. The maximum atomic E-state index is 13.0. The van der Waals surface area contributed by atoms with Crippen molar-refractivity contribution in [3.8, 4) is 5.75 Å². The molecule has 0 spiro atoms. The zero-order valence-corrected chi connectivity index (χ0v) is 18.3. The number of methoxy groups -OCH3 is 1. The molecular weight excluding hydrogens is 437 g/mol. The third kappa shape index (κ3) is 4.66. The molecule has 1 saturated carbocycles. The van der Waals surface area contributed by atoms with Gasteiger partial charge in [0.1, 0.15) is 17.1 Å². The van der Waals surface area contributed by atoms with Crippen LogP contribution in [0.4, 0.5) is 18.9 Å². The first-order chi connectivity index (χ1) is 15.7. The number of carbonyl (C=O) groups excluding carboxylic acids is 1. The Morgan fingerprint density at radius 2 is 1.97 bits per heavy atom. The highest BCUT2D eigenvalue weighted by atomic mass is 19.4. The third-order valence-corrected chi connectivity index (χ3v) is 6.21. The van der Waals surface area contributed by atoms with Gasteiger partial charge in [0.15, 0.2) is 0 Å². The highest BCUT2D eigenvalue weighted by Crippen LogP contribution is 2.37. The first-order valence-corrected chi connectivity index (χ1v) is 10.7. The molecule has 0 radical (unpaired) electrons. The first-order valence-electron chi connectivity index (χ1n) is 10.7. The molecule has 1 amide bonds. The van der Waals surface area contributed by atoms with Crippen LogP contribution in [0, 0.1) is 12.8 Å². The molecule has 0 unspecified atom stereocenters. The van der Waals surface area contributed by atoms with Gasteiger partial charge in [-0.3, -0.25) is 9.48 Å². The van der Waals surface area contributed by atoms with Gasteiger partial charge in [-0.1, -0.05) is 6.07 Å². The zero-order chi connectivity index (χ0) is 23.8. The molecule has 0 bridgehead atoms. The van der Waals surface area contributed by atoms with Gasteiger partial charge in [0.05, 0.1) is 24.4 Å². The quantitative estimate of drug-likeness (QED) is 0.572. The van der Waals surface area contributed by atoms with Crippen LogP contribution in [0.15, 0.2) is 30.3 Å². The van der Waals surface area contributed by atoms with E-state index in [4.69, 9.17) is 9.84 Å². The number of nitrogens with one attached hydrogen (secondary N) is 1. The van der Waals surface area contributed by atoms with Crippen molar-refractivity contribution in [2.75, 3.05) is 19.0 Å². The number of hydrogen-bond donors (Lipinski definition) is 2. The second-order valence-electron chi connectivity index (χ2n) is 8.32. The van der Waals surface area contributed by atoms with E-state index in [1.165, 1.54) is 13.2 Å². The number of amides is 1. The molecule has 1 fully saturated rings. The van der Waals surface area contributed by atoms with Crippen LogP contribution in [-0.4, -0.2) is 39.5 Å². The van der Waals surface area contributed by atoms with Crippen molar-refractivity contribution in [3.05, 3.63) is 47.4 Å². The van der Waals surface area contributed by atoms with Gasteiger partial charge in [-0.2, -0.15) is 18.3 Å². The topological polar surface area (TPSA) is 89.3 Å². The molecular formula is C23H25F3N4O3. The van der Waals surface area contributed by atoms with Crippen LogP contribution in [0.25, 0.3) is 10.9 Å². The summed E-state index contributed by atoms with van der Waals surface area (Å²) in [6.07, 6.45) is -0.935. The van der Waals surface area contributed by atoms with E-state index in [2.05, 4.69) is 10.3 Å². The minimum Gasteiger partial charge on any atom is -0.494 e. The number of anilines is 1. The van der Waals surface area contributed by atoms with Crippen molar-refractivity contribution in [2.45, 2.75) is 44.8 Å². The van der Waals surface area contributed by atoms with Crippen LogP contribution >= 0.6 is 0 Å². The summed E-state index contributed by atoms with van der Waals surface area (Å²) in [5.41, 5.74) is 0.461. The van der Waals surface area contributed by atoms with E-state index in [1.807, 2.05) is 11.6 Å². The Morgan fingerprint density at radius 1 is 1.24 bits per heavy atom. The second-order valence-corrected chi connectivity index (χ2v) is 8.32. The van der Waals surface area contributed by atoms with E-state index in [0.717, 1.165) is 48.9 Å². The average Bonchev–Trinajstić information content (AvgIpc) is 3.13. The van der Waals surface area contributed by atoms with Crippen LogP contribution in [-0.2, 0) is 6.18 Å². The van der Waals surface area contributed by atoms with Gasteiger partial charge in [0.25, 0.3) is 5.91 Å². The molecule has 33 heavy (non-hydrogen) atoms. The molecule has 2 heterocycles. The Labute approximate surface area is 188 Å². The van der Waals surface area contributed by atoms with E-state index < -0.39 is 17.8 Å². The Morgan fingerprint density at radius 3 is 2.61 bits per heavy atom. The Bertz CT molecular complexity index is 1170. The number of fused-ring (bicyclic) bond motifs is 1. The summed E-state index contributed by atoms with van der Waals surface area (Å²) < 4.78 is 46.3. The number of ether oxygens (including phenoxy) is 1. The molecule has 10 heteroatoms.